The standard InChI is InChI=1S/C9H10ClF3N4O/c1-17(2)7(18)4-14-6-3-5(10)15-8(16-6)9(11,12)13/h3H,4H2,1-2H3,(H,14,15,16). The summed E-state index contributed by atoms with van der Waals surface area (Å²) in [6.07, 6.45) is -4.69. The molecule has 18 heavy (non-hydrogen) atoms. The second kappa shape index (κ2) is 5.38. The number of halogens is 4. The number of carbonyl (C=O) groups is 1. The Kier molecular flexibility index (Phi) is 4.33. The topological polar surface area (TPSA) is 58.1 Å². The van der Waals surface area contributed by atoms with Crippen molar-refractivity contribution in [3.63, 3.8) is 0 Å². The third kappa shape index (κ3) is 4.02. The lowest BCUT2D eigenvalue weighted by molar-refractivity contribution is -0.144. The molecule has 1 heterocycles. The lowest BCUT2D eigenvalue weighted by atomic mass is 10.4. The van der Waals surface area contributed by atoms with E-state index in [9.17, 15) is 18.0 Å². The summed E-state index contributed by atoms with van der Waals surface area (Å²) < 4.78 is 37.2. The first kappa shape index (κ1) is 14.5. The van der Waals surface area contributed by atoms with Crippen LogP contribution in [0.3, 0.4) is 0 Å². The van der Waals surface area contributed by atoms with E-state index < -0.39 is 12.0 Å². The van der Waals surface area contributed by atoms with Crippen molar-refractivity contribution in [2.45, 2.75) is 6.18 Å². The van der Waals surface area contributed by atoms with Crippen molar-refractivity contribution in [3.05, 3.63) is 17.0 Å². The van der Waals surface area contributed by atoms with E-state index >= 15 is 0 Å². The molecule has 1 aromatic heterocycles. The Bertz CT molecular complexity index is 450. The number of amides is 1. The summed E-state index contributed by atoms with van der Waals surface area (Å²) in [5.74, 6) is -1.81. The average molecular weight is 283 g/mol. The van der Waals surface area contributed by atoms with Gasteiger partial charge in [-0.25, -0.2) is 9.97 Å². The number of hydrogen-bond donors (Lipinski definition) is 1. The summed E-state index contributed by atoms with van der Waals surface area (Å²) in [7, 11) is 3.05. The lowest BCUT2D eigenvalue weighted by Gasteiger charge is -2.12. The molecule has 0 saturated carbocycles. The van der Waals surface area contributed by atoms with Crippen LogP contribution in [0.15, 0.2) is 6.07 Å². The van der Waals surface area contributed by atoms with Crippen molar-refractivity contribution in [1.82, 2.24) is 14.9 Å². The zero-order chi connectivity index (χ0) is 13.9. The van der Waals surface area contributed by atoms with E-state index in [0.717, 1.165) is 6.07 Å². The van der Waals surface area contributed by atoms with Crippen LogP contribution >= 0.6 is 11.6 Å². The van der Waals surface area contributed by atoms with Gasteiger partial charge >= 0.3 is 6.18 Å². The molecule has 0 spiro atoms. The molecular weight excluding hydrogens is 273 g/mol. The number of rotatable bonds is 3. The molecule has 1 rings (SSSR count). The van der Waals surface area contributed by atoms with Gasteiger partial charge in [-0.3, -0.25) is 4.79 Å². The molecule has 0 fully saturated rings. The van der Waals surface area contributed by atoms with E-state index in [1.165, 1.54) is 19.0 Å². The van der Waals surface area contributed by atoms with Crippen LogP contribution in [0.2, 0.25) is 5.15 Å². The van der Waals surface area contributed by atoms with Gasteiger partial charge in [0.15, 0.2) is 0 Å². The number of alkyl halides is 3. The molecule has 0 aliphatic heterocycles. The molecule has 0 bridgehead atoms. The smallest absolute Gasteiger partial charge is 0.361 e. The van der Waals surface area contributed by atoms with E-state index in [0.29, 0.717) is 0 Å². The molecule has 9 heteroatoms. The van der Waals surface area contributed by atoms with Crippen LogP contribution in [0.4, 0.5) is 19.0 Å². The predicted octanol–water partition coefficient (Wildman–Crippen LogP) is 1.65. The molecular formula is C9H10ClF3N4O. The number of nitrogens with one attached hydrogen (secondary N) is 1. The number of likely N-dealkylation sites (N-methyl/N-ethyl adjacent to an activating group) is 1. The quantitative estimate of drug-likeness (QED) is 0.857. The van der Waals surface area contributed by atoms with Crippen LogP contribution in [0.5, 0.6) is 0 Å². The minimum absolute atomic E-state index is 0.155. The molecule has 0 saturated heterocycles. The number of carbonyl (C=O) groups excluding carboxylic acids is 1. The van der Waals surface area contributed by atoms with Gasteiger partial charge in [0.2, 0.25) is 11.7 Å². The van der Waals surface area contributed by atoms with Crippen LogP contribution in [0.1, 0.15) is 5.82 Å². The minimum atomic E-state index is -4.69. The van der Waals surface area contributed by atoms with Crippen molar-refractivity contribution in [2.75, 3.05) is 26.0 Å². The van der Waals surface area contributed by atoms with Gasteiger partial charge < -0.3 is 10.2 Å². The molecule has 0 aliphatic carbocycles. The van der Waals surface area contributed by atoms with E-state index in [-0.39, 0.29) is 23.4 Å². The van der Waals surface area contributed by atoms with Crippen LogP contribution < -0.4 is 5.32 Å². The first-order valence-electron chi connectivity index (χ1n) is 4.76. The second-order valence-corrected chi connectivity index (χ2v) is 3.93. The van der Waals surface area contributed by atoms with E-state index in [1.807, 2.05) is 0 Å². The molecule has 0 unspecified atom stereocenters. The molecule has 0 aliphatic rings. The highest BCUT2D eigenvalue weighted by molar-refractivity contribution is 6.29. The Morgan fingerprint density at radius 3 is 2.56 bits per heavy atom. The molecule has 1 amide bonds. The molecule has 5 nitrogen and oxygen atoms in total. The van der Waals surface area contributed by atoms with Crippen LogP contribution in [0, 0.1) is 0 Å². The second-order valence-electron chi connectivity index (χ2n) is 3.54. The first-order valence-corrected chi connectivity index (χ1v) is 5.13. The Hall–Kier alpha value is -1.57. The van der Waals surface area contributed by atoms with E-state index in [1.54, 1.807) is 0 Å². The van der Waals surface area contributed by atoms with E-state index in [4.69, 9.17) is 11.6 Å². The average Bonchev–Trinajstić information content (AvgIpc) is 2.23. The molecule has 1 aromatic rings. The van der Waals surface area contributed by atoms with E-state index in [2.05, 4.69) is 15.3 Å². The fourth-order valence-electron chi connectivity index (χ4n) is 0.959. The maximum atomic E-state index is 12.4. The first-order chi connectivity index (χ1) is 8.20. The van der Waals surface area contributed by atoms with Gasteiger partial charge in [0.05, 0.1) is 6.54 Å². The zero-order valence-electron chi connectivity index (χ0n) is 9.55. The SMILES string of the molecule is CN(C)C(=O)CNc1cc(Cl)nc(C(F)(F)F)n1. The summed E-state index contributed by atoms with van der Waals surface area (Å²) in [5, 5.41) is 2.10. The van der Waals surface area contributed by atoms with Gasteiger partial charge in [0.25, 0.3) is 0 Å². The van der Waals surface area contributed by atoms with Crippen LogP contribution in [-0.4, -0.2) is 41.4 Å². The predicted molar refractivity (Wildman–Crippen MR) is 59.2 cm³/mol. The van der Waals surface area contributed by atoms with Gasteiger partial charge in [-0.2, -0.15) is 13.2 Å². The number of hydrogen-bond acceptors (Lipinski definition) is 4. The van der Waals surface area contributed by atoms with Crippen molar-refractivity contribution in [1.29, 1.82) is 0 Å². The molecule has 1 N–H and O–H groups in total. The maximum absolute atomic E-state index is 12.4. The van der Waals surface area contributed by atoms with Crippen molar-refractivity contribution >= 4 is 23.3 Å². The summed E-state index contributed by atoms with van der Waals surface area (Å²) in [6, 6.07) is 1.11. The lowest BCUT2D eigenvalue weighted by Crippen LogP contribution is -2.29. The Labute approximate surface area is 106 Å². The van der Waals surface area contributed by atoms with Gasteiger partial charge in [0.1, 0.15) is 11.0 Å². The summed E-state index contributed by atoms with van der Waals surface area (Å²) in [6.45, 7) is -0.183. The molecule has 0 atom stereocenters. The van der Waals surface area contributed by atoms with Crippen molar-refractivity contribution in [3.8, 4) is 0 Å². The summed E-state index contributed by atoms with van der Waals surface area (Å²) in [4.78, 5) is 18.8. The van der Waals surface area contributed by atoms with Crippen LogP contribution in [-0.2, 0) is 11.0 Å². The molecule has 0 radical (unpaired) electrons. The Balaban J connectivity index is 2.84. The maximum Gasteiger partial charge on any atom is 0.451 e. The van der Waals surface area contributed by atoms with Gasteiger partial charge in [-0.1, -0.05) is 11.6 Å². The van der Waals surface area contributed by atoms with Gasteiger partial charge in [-0.15, -0.1) is 0 Å². The fraction of sp³-hybridized carbons (Fsp3) is 0.444. The molecule has 100 valence electrons. The largest absolute Gasteiger partial charge is 0.451 e. The normalized spacial score (nSPS) is 11.2. The third-order valence-electron chi connectivity index (χ3n) is 1.87. The number of anilines is 1. The summed E-state index contributed by atoms with van der Waals surface area (Å²) >= 11 is 5.45. The highest BCUT2D eigenvalue weighted by Gasteiger charge is 2.35. The van der Waals surface area contributed by atoms with Crippen LogP contribution in [0.25, 0.3) is 0 Å². The van der Waals surface area contributed by atoms with Crippen molar-refractivity contribution in [2.24, 2.45) is 0 Å². The summed E-state index contributed by atoms with van der Waals surface area (Å²) in [5.41, 5.74) is 0. The third-order valence-corrected chi connectivity index (χ3v) is 2.06. The molecule has 0 aromatic carbocycles. The number of nitrogens with zero attached hydrogens (tertiary/aromatic N) is 3. The highest BCUT2D eigenvalue weighted by Crippen LogP contribution is 2.28. The monoisotopic (exact) mass is 282 g/mol. The highest BCUT2D eigenvalue weighted by atomic mass is 35.5. The fourth-order valence-corrected chi connectivity index (χ4v) is 1.14. The van der Waals surface area contributed by atoms with Gasteiger partial charge in [-0.05, 0) is 0 Å². The van der Waals surface area contributed by atoms with Crippen molar-refractivity contribution < 1.29 is 18.0 Å². The Morgan fingerprint density at radius 1 is 1.44 bits per heavy atom. The number of aromatic nitrogens is 2. The van der Waals surface area contributed by atoms with Gasteiger partial charge in [0, 0.05) is 20.2 Å². The zero-order valence-corrected chi connectivity index (χ0v) is 10.3. The minimum Gasteiger partial charge on any atom is -0.361 e. The Morgan fingerprint density at radius 2 is 2.06 bits per heavy atom.